The van der Waals surface area contributed by atoms with Crippen molar-refractivity contribution < 1.29 is 17.6 Å². The average molecular weight is 390 g/mol. The van der Waals surface area contributed by atoms with Crippen LogP contribution in [0.25, 0.3) is 11.1 Å². The zero-order valence-electron chi connectivity index (χ0n) is 14.6. The number of aryl methyl sites for hydroxylation is 1. The summed E-state index contributed by atoms with van der Waals surface area (Å²) in [5.74, 6) is 0.408. The van der Waals surface area contributed by atoms with Gasteiger partial charge in [0.2, 0.25) is 15.9 Å². The number of nitrogens with one attached hydrogen (secondary N) is 1. The number of H-pyrrole nitrogens is 1. The largest absolute Gasteiger partial charge is 0.473 e. The van der Waals surface area contributed by atoms with Crippen LogP contribution in [0.5, 0.6) is 5.88 Å². The summed E-state index contributed by atoms with van der Waals surface area (Å²) in [4.78, 5) is 22.1. The fraction of sp³-hybridized carbons (Fsp3) is 0.353. The maximum atomic E-state index is 13.0. The summed E-state index contributed by atoms with van der Waals surface area (Å²) in [6.07, 6.45) is 2.73. The number of oxazole rings is 1. The first-order valence-corrected chi connectivity index (χ1v) is 9.95. The van der Waals surface area contributed by atoms with Crippen molar-refractivity contribution in [3.63, 3.8) is 0 Å². The maximum Gasteiger partial charge on any atom is 0.417 e. The highest BCUT2D eigenvalue weighted by molar-refractivity contribution is 7.89. The predicted octanol–water partition coefficient (Wildman–Crippen LogP) is 1.45. The Labute approximate surface area is 155 Å². The number of sulfonamides is 1. The highest BCUT2D eigenvalue weighted by Crippen LogP contribution is 2.25. The van der Waals surface area contributed by atoms with E-state index in [4.69, 9.17) is 9.15 Å². The van der Waals surface area contributed by atoms with Gasteiger partial charge in [-0.25, -0.2) is 18.2 Å². The second-order valence-corrected chi connectivity index (χ2v) is 8.30. The van der Waals surface area contributed by atoms with E-state index >= 15 is 0 Å². The van der Waals surface area contributed by atoms with Crippen LogP contribution < -0.4 is 10.5 Å². The quantitative estimate of drug-likeness (QED) is 0.716. The van der Waals surface area contributed by atoms with Crippen LogP contribution >= 0.6 is 0 Å². The second kappa shape index (κ2) is 6.78. The van der Waals surface area contributed by atoms with E-state index in [1.165, 1.54) is 22.5 Å². The molecule has 1 aliphatic rings. The molecule has 1 aromatic carbocycles. The van der Waals surface area contributed by atoms with Crippen molar-refractivity contribution in [3.8, 4) is 5.88 Å². The van der Waals surface area contributed by atoms with Crippen molar-refractivity contribution in [3.05, 3.63) is 46.8 Å². The van der Waals surface area contributed by atoms with Crippen LogP contribution in [0.3, 0.4) is 0 Å². The topological polar surface area (TPSA) is 118 Å². The highest BCUT2D eigenvalue weighted by Gasteiger charge is 2.31. The highest BCUT2D eigenvalue weighted by atomic mass is 32.2. The number of aromatic nitrogens is 3. The Morgan fingerprint density at radius 3 is 3.00 bits per heavy atom. The van der Waals surface area contributed by atoms with Gasteiger partial charge in [0.25, 0.3) is 0 Å². The molecular weight excluding hydrogens is 372 g/mol. The van der Waals surface area contributed by atoms with Crippen LogP contribution in [-0.4, -0.2) is 46.9 Å². The van der Waals surface area contributed by atoms with E-state index in [2.05, 4.69) is 15.0 Å². The van der Waals surface area contributed by atoms with E-state index in [0.717, 1.165) is 6.42 Å². The Morgan fingerprint density at radius 2 is 2.19 bits per heavy atom. The Morgan fingerprint density at radius 1 is 1.33 bits per heavy atom. The first kappa shape index (κ1) is 17.7. The summed E-state index contributed by atoms with van der Waals surface area (Å²) in [6, 6.07) is 5.98. The van der Waals surface area contributed by atoms with Gasteiger partial charge in [-0.2, -0.15) is 9.29 Å². The molecule has 3 heterocycles. The molecule has 10 heteroatoms. The summed E-state index contributed by atoms with van der Waals surface area (Å²) in [5.41, 5.74) is 0.667. The number of aromatic amines is 1. The van der Waals surface area contributed by atoms with Gasteiger partial charge in [0.1, 0.15) is 11.9 Å². The van der Waals surface area contributed by atoms with Crippen LogP contribution in [0.4, 0.5) is 0 Å². The van der Waals surface area contributed by atoms with Crippen LogP contribution in [0, 0.1) is 6.92 Å². The van der Waals surface area contributed by atoms with Crippen LogP contribution in [0.1, 0.15) is 18.7 Å². The van der Waals surface area contributed by atoms with E-state index in [-0.39, 0.29) is 17.5 Å². The Hall–Kier alpha value is -2.72. The van der Waals surface area contributed by atoms with Crippen molar-refractivity contribution in [2.24, 2.45) is 0 Å². The maximum absolute atomic E-state index is 13.0. The van der Waals surface area contributed by atoms with Gasteiger partial charge in [-0.3, -0.25) is 4.98 Å². The minimum atomic E-state index is -3.72. The SMILES string of the molecule is Cc1nccc(OC2CCCN(S(=O)(=O)c3ccc4oc(=O)[nH]c4c3)C2)n1. The molecule has 0 aliphatic carbocycles. The van der Waals surface area contributed by atoms with Gasteiger partial charge in [-0.15, -0.1) is 0 Å². The number of nitrogens with zero attached hydrogens (tertiary/aromatic N) is 3. The molecule has 27 heavy (non-hydrogen) atoms. The molecule has 1 aliphatic heterocycles. The molecule has 142 valence electrons. The monoisotopic (exact) mass is 390 g/mol. The molecule has 4 rings (SSSR count). The standard InChI is InChI=1S/C17H18N4O5S/c1-11-18-7-6-16(19-11)25-12-3-2-8-21(10-12)27(23,24)13-4-5-15-14(9-13)20-17(22)26-15/h4-7,9,12H,2-3,8,10H2,1H3,(H,20,22). The molecule has 1 unspecified atom stereocenters. The Balaban J connectivity index is 1.56. The number of fused-ring (bicyclic) bond motifs is 1. The van der Waals surface area contributed by atoms with Crippen LogP contribution in [0.15, 0.2) is 44.6 Å². The summed E-state index contributed by atoms with van der Waals surface area (Å²) in [5, 5.41) is 0. The molecule has 0 radical (unpaired) electrons. The number of hydrogen-bond acceptors (Lipinski definition) is 7. The summed E-state index contributed by atoms with van der Waals surface area (Å²) in [7, 11) is -3.72. The molecular formula is C17H18N4O5S. The molecule has 1 atom stereocenters. The van der Waals surface area contributed by atoms with Crippen molar-refractivity contribution in [1.82, 2.24) is 19.3 Å². The fourth-order valence-electron chi connectivity index (χ4n) is 3.13. The minimum absolute atomic E-state index is 0.102. The zero-order valence-corrected chi connectivity index (χ0v) is 15.4. The lowest BCUT2D eigenvalue weighted by atomic mass is 10.1. The molecule has 0 bridgehead atoms. The minimum Gasteiger partial charge on any atom is -0.473 e. The normalized spacial score (nSPS) is 18.6. The Kier molecular flexibility index (Phi) is 4.44. The molecule has 0 saturated carbocycles. The Bertz CT molecular complexity index is 1140. The third-order valence-electron chi connectivity index (χ3n) is 4.41. The second-order valence-electron chi connectivity index (χ2n) is 6.36. The summed E-state index contributed by atoms with van der Waals surface area (Å²) < 4.78 is 38.2. The lowest BCUT2D eigenvalue weighted by Crippen LogP contribution is -2.44. The number of rotatable bonds is 4. The van der Waals surface area contributed by atoms with Gasteiger partial charge in [0, 0.05) is 18.8 Å². The van der Waals surface area contributed by atoms with Gasteiger partial charge in [-0.05, 0) is 38.0 Å². The zero-order chi connectivity index (χ0) is 19.0. The van der Waals surface area contributed by atoms with Crippen LogP contribution in [0.2, 0.25) is 0 Å². The van der Waals surface area contributed by atoms with E-state index in [1.54, 1.807) is 19.2 Å². The van der Waals surface area contributed by atoms with Gasteiger partial charge in [0.15, 0.2) is 5.58 Å². The first-order valence-electron chi connectivity index (χ1n) is 8.51. The van der Waals surface area contributed by atoms with E-state index in [1.807, 2.05) is 0 Å². The number of piperidine rings is 1. The number of ether oxygens (including phenoxy) is 1. The van der Waals surface area contributed by atoms with Gasteiger partial charge >= 0.3 is 5.76 Å². The van der Waals surface area contributed by atoms with E-state index < -0.39 is 15.8 Å². The van der Waals surface area contributed by atoms with Crippen molar-refractivity contribution in [2.45, 2.75) is 30.8 Å². The smallest absolute Gasteiger partial charge is 0.417 e. The molecule has 1 fully saturated rings. The van der Waals surface area contributed by atoms with Crippen LogP contribution in [-0.2, 0) is 10.0 Å². The third-order valence-corrected chi connectivity index (χ3v) is 6.27. The third kappa shape index (κ3) is 3.58. The molecule has 1 N–H and O–H groups in total. The van der Waals surface area contributed by atoms with Crippen molar-refractivity contribution in [2.75, 3.05) is 13.1 Å². The summed E-state index contributed by atoms with van der Waals surface area (Å²) in [6.45, 7) is 2.40. The van der Waals surface area contributed by atoms with E-state index in [9.17, 15) is 13.2 Å². The fourth-order valence-corrected chi connectivity index (χ4v) is 4.67. The summed E-state index contributed by atoms with van der Waals surface area (Å²) >= 11 is 0. The van der Waals surface area contributed by atoms with Gasteiger partial charge < -0.3 is 9.15 Å². The van der Waals surface area contributed by atoms with Crippen molar-refractivity contribution in [1.29, 1.82) is 0 Å². The van der Waals surface area contributed by atoms with Gasteiger partial charge in [0.05, 0.1) is 17.0 Å². The van der Waals surface area contributed by atoms with Crippen molar-refractivity contribution >= 4 is 21.1 Å². The lowest BCUT2D eigenvalue weighted by Gasteiger charge is -2.31. The lowest BCUT2D eigenvalue weighted by molar-refractivity contribution is 0.124. The molecule has 1 saturated heterocycles. The predicted molar refractivity (Wildman–Crippen MR) is 96.0 cm³/mol. The molecule has 9 nitrogen and oxygen atoms in total. The molecule has 0 spiro atoms. The average Bonchev–Trinajstić information content (AvgIpc) is 3.01. The number of hydrogen-bond donors (Lipinski definition) is 1. The number of benzene rings is 1. The van der Waals surface area contributed by atoms with E-state index in [0.29, 0.717) is 35.8 Å². The molecule has 3 aromatic rings. The van der Waals surface area contributed by atoms with Gasteiger partial charge in [-0.1, -0.05) is 0 Å². The molecule has 2 aromatic heterocycles. The first-order chi connectivity index (χ1) is 12.9. The molecule has 0 amide bonds.